The molecule has 2 aromatic carbocycles. The molecule has 0 atom stereocenters. The zero-order chi connectivity index (χ0) is 17.2. The van der Waals surface area contributed by atoms with Crippen LogP contribution in [0.1, 0.15) is 10.4 Å². The minimum absolute atomic E-state index is 0.0995. The summed E-state index contributed by atoms with van der Waals surface area (Å²) < 4.78 is 11.6. The second-order valence-corrected chi connectivity index (χ2v) is 6.00. The topological polar surface area (TPSA) is 59.6 Å². The van der Waals surface area contributed by atoms with Crippen LogP contribution >= 0.6 is 15.9 Å². The number of halogens is 1. The van der Waals surface area contributed by atoms with Crippen molar-refractivity contribution < 1.29 is 14.3 Å². The van der Waals surface area contributed by atoms with E-state index >= 15 is 0 Å². The molecule has 0 unspecified atom stereocenters. The van der Waals surface area contributed by atoms with Crippen LogP contribution in [0.5, 0.6) is 11.5 Å². The summed E-state index contributed by atoms with van der Waals surface area (Å²) in [5.74, 6) is 1.33. The SMILES string of the molecule is COCCNCCNC(=O)c1ccc(Oc2cccc(Br)c2)cc1. The molecule has 6 heteroatoms. The number of methoxy groups -OCH3 is 1. The maximum Gasteiger partial charge on any atom is 0.251 e. The zero-order valence-corrected chi connectivity index (χ0v) is 15.1. The minimum atomic E-state index is -0.0995. The van der Waals surface area contributed by atoms with Crippen LogP contribution in [0.15, 0.2) is 53.0 Å². The molecule has 5 nitrogen and oxygen atoms in total. The van der Waals surface area contributed by atoms with Crippen LogP contribution in [0.3, 0.4) is 0 Å². The standard InChI is InChI=1S/C18H21BrN2O3/c1-23-12-11-20-9-10-21-18(22)14-5-7-16(8-6-14)24-17-4-2-3-15(19)13-17/h2-8,13,20H,9-12H2,1H3,(H,21,22). The van der Waals surface area contributed by atoms with Crippen molar-refractivity contribution in [2.75, 3.05) is 33.4 Å². The van der Waals surface area contributed by atoms with Gasteiger partial charge >= 0.3 is 0 Å². The first-order valence-electron chi connectivity index (χ1n) is 7.70. The molecule has 0 aliphatic carbocycles. The summed E-state index contributed by atoms with van der Waals surface area (Å²) in [6.07, 6.45) is 0. The zero-order valence-electron chi connectivity index (χ0n) is 13.5. The van der Waals surface area contributed by atoms with Crippen molar-refractivity contribution in [3.63, 3.8) is 0 Å². The van der Waals surface area contributed by atoms with Crippen molar-refractivity contribution in [1.29, 1.82) is 0 Å². The van der Waals surface area contributed by atoms with Crippen LogP contribution in [0.2, 0.25) is 0 Å². The molecule has 2 aromatic rings. The summed E-state index contributed by atoms with van der Waals surface area (Å²) in [6.45, 7) is 2.71. The van der Waals surface area contributed by atoms with Gasteiger partial charge in [-0.3, -0.25) is 4.79 Å². The average Bonchev–Trinajstić information content (AvgIpc) is 2.58. The van der Waals surface area contributed by atoms with Crippen molar-refractivity contribution in [2.24, 2.45) is 0 Å². The lowest BCUT2D eigenvalue weighted by Crippen LogP contribution is -2.33. The molecule has 0 aromatic heterocycles. The number of hydrogen-bond acceptors (Lipinski definition) is 4. The molecule has 0 saturated carbocycles. The summed E-state index contributed by atoms with van der Waals surface area (Å²) in [5, 5.41) is 6.03. The first-order chi connectivity index (χ1) is 11.7. The molecule has 0 aliphatic rings. The molecule has 2 N–H and O–H groups in total. The highest BCUT2D eigenvalue weighted by Gasteiger charge is 2.05. The Bertz CT molecular complexity index is 647. The number of ether oxygens (including phenoxy) is 2. The molecule has 0 bridgehead atoms. The van der Waals surface area contributed by atoms with E-state index < -0.39 is 0 Å². The van der Waals surface area contributed by atoms with Gasteiger partial charge in [-0.05, 0) is 42.5 Å². The van der Waals surface area contributed by atoms with Gasteiger partial charge in [0.1, 0.15) is 11.5 Å². The molecule has 0 radical (unpaired) electrons. The van der Waals surface area contributed by atoms with E-state index in [1.54, 1.807) is 31.4 Å². The van der Waals surface area contributed by atoms with Gasteiger partial charge < -0.3 is 20.1 Å². The Labute approximate surface area is 150 Å². The molecule has 2 rings (SSSR count). The van der Waals surface area contributed by atoms with E-state index in [1.165, 1.54) is 0 Å². The predicted molar refractivity (Wildman–Crippen MR) is 97.7 cm³/mol. The number of carbonyl (C=O) groups excluding carboxylic acids is 1. The Morgan fingerprint density at radius 1 is 1.04 bits per heavy atom. The Morgan fingerprint density at radius 2 is 1.83 bits per heavy atom. The van der Waals surface area contributed by atoms with Crippen molar-refractivity contribution >= 4 is 21.8 Å². The normalized spacial score (nSPS) is 10.4. The largest absolute Gasteiger partial charge is 0.457 e. The maximum atomic E-state index is 12.0. The lowest BCUT2D eigenvalue weighted by Gasteiger charge is -2.08. The second-order valence-electron chi connectivity index (χ2n) is 5.08. The Morgan fingerprint density at radius 3 is 2.54 bits per heavy atom. The molecule has 0 heterocycles. The minimum Gasteiger partial charge on any atom is -0.457 e. The van der Waals surface area contributed by atoms with Gasteiger partial charge in [0.25, 0.3) is 5.91 Å². The molecule has 128 valence electrons. The lowest BCUT2D eigenvalue weighted by atomic mass is 10.2. The summed E-state index contributed by atoms with van der Waals surface area (Å²) in [6, 6.07) is 14.7. The lowest BCUT2D eigenvalue weighted by molar-refractivity contribution is 0.0953. The molecule has 0 spiro atoms. The molecule has 24 heavy (non-hydrogen) atoms. The maximum absolute atomic E-state index is 12.0. The number of amides is 1. The van der Waals surface area contributed by atoms with Gasteiger partial charge in [-0.2, -0.15) is 0 Å². The number of carbonyl (C=O) groups is 1. The van der Waals surface area contributed by atoms with Crippen LogP contribution in [0.4, 0.5) is 0 Å². The molecular weight excluding hydrogens is 372 g/mol. The fourth-order valence-electron chi connectivity index (χ4n) is 2.01. The van der Waals surface area contributed by atoms with Gasteiger partial charge in [0.05, 0.1) is 6.61 Å². The first-order valence-corrected chi connectivity index (χ1v) is 8.49. The predicted octanol–water partition coefficient (Wildman–Crippen LogP) is 3.21. The smallest absolute Gasteiger partial charge is 0.251 e. The highest BCUT2D eigenvalue weighted by molar-refractivity contribution is 9.10. The van der Waals surface area contributed by atoms with E-state index in [9.17, 15) is 4.79 Å². The highest BCUT2D eigenvalue weighted by atomic mass is 79.9. The third-order valence-electron chi connectivity index (χ3n) is 3.22. The molecule has 1 amide bonds. The van der Waals surface area contributed by atoms with E-state index in [-0.39, 0.29) is 5.91 Å². The average molecular weight is 393 g/mol. The number of benzene rings is 2. The number of nitrogens with one attached hydrogen (secondary N) is 2. The molecule has 0 saturated heterocycles. The summed E-state index contributed by atoms with van der Waals surface area (Å²) >= 11 is 3.40. The van der Waals surface area contributed by atoms with Crippen LogP contribution in [-0.4, -0.2) is 39.3 Å². The van der Waals surface area contributed by atoms with Crippen LogP contribution in [0.25, 0.3) is 0 Å². The van der Waals surface area contributed by atoms with Crippen molar-refractivity contribution in [1.82, 2.24) is 10.6 Å². The fourth-order valence-corrected chi connectivity index (χ4v) is 2.38. The summed E-state index contributed by atoms with van der Waals surface area (Å²) in [5.41, 5.74) is 0.605. The van der Waals surface area contributed by atoms with Crippen molar-refractivity contribution in [2.45, 2.75) is 0 Å². The van der Waals surface area contributed by atoms with Crippen LogP contribution in [0, 0.1) is 0 Å². The number of hydrogen-bond donors (Lipinski definition) is 2. The summed E-state index contributed by atoms with van der Waals surface area (Å²) in [7, 11) is 1.66. The van der Waals surface area contributed by atoms with Gasteiger partial charge in [0.2, 0.25) is 0 Å². The van der Waals surface area contributed by atoms with Gasteiger partial charge in [-0.25, -0.2) is 0 Å². The quantitative estimate of drug-likeness (QED) is 0.643. The Balaban J connectivity index is 1.79. The highest BCUT2D eigenvalue weighted by Crippen LogP contribution is 2.24. The molecule has 0 fully saturated rings. The van der Waals surface area contributed by atoms with Crippen LogP contribution in [-0.2, 0) is 4.74 Å². The van der Waals surface area contributed by atoms with Crippen LogP contribution < -0.4 is 15.4 Å². The van der Waals surface area contributed by atoms with E-state index in [2.05, 4.69) is 26.6 Å². The first kappa shape index (κ1) is 18.4. The van der Waals surface area contributed by atoms with E-state index in [0.29, 0.717) is 31.0 Å². The third kappa shape index (κ3) is 6.31. The Kier molecular flexibility index (Phi) is 7.74. The third-order valence-corrected chi connectivity index (χ3v) is 3.71. The van der Waals surface area contributed by atoms with Gasteiger partial charge in [-0.15, -0.1) is 0 Å². The van der Waals surface area contributed by atoms with Gasteiger partial charge in [-0.1, -0.05) is 22.0 Å². The van der Waals surface area contributed by atoms with Gasteiger partial charge in [0.15, 0.2) is 0 Å². The monoisotopic (exact) mass is 392 g/mol. The summed E-state index contributed by atoms with van der Waals surface area (Å²) in [4.78, 5) is 12.0. The Hall–Kier alpha value is -1.89. The van der Waals surface area contributed by atoms with Crippen molar-refractivity contribution in [3.8, 4) is 11.5 Å². The van der Waals surface area contributed by atoms with Gasteiger partial charge in [0, 0.05) is 36.8 Å². The fraction of sp³-hybridized carbons (Fsp3) is 0.278. The van der Waals surface area contributed by atoms with Crippen molar-refractivity contribution in [3.05, 3.63) is 58.6 Å². The molecular formula is C18H21BrN2O3. The number of rotatable bonds is 9. The van der Waals surface area contributed by atoms with E-state index in [4.69, 9.17) is 9.47 Å². The molecule has 0 aliphatic heterocycles. The second kappa shape index (κ2) is 10.1. The van der Waals surface area contributed by atoms with E-state index in [0.717, 1.165) is 16.8 Å². The van der Waals surface area contributed by atoms with E-state index in [1.807, 2.05) is 24.3 Å².